The van der Waals surface area contributed by atoms with E-state index in [9.17, 15) is 9.59 Å². The molecule has 0 aromatic carbocycles. The van der Waals surface area contributed by atoms with Crippen molar-refractivity contribution in [1.82, 2.24) is 20.1 Å². The summed E-state index contributed by atoms with van der Waals surface area (Å²) in [5.74, 6) is -0.217. The Morgan fingerprint density at radius 1 is 1.26 bits per heavy atom. The van der Waals surface area contributed by atoms with Gasteiger partial charge in [-0.1, -0.05) is 0 Å². The Balaban J connectivity index is 1.96. The Kier molecular flexibility index (Phi) is 4.02. The Labute approximate surface area is 110 Å². The zero-order chi connectivity index (χ0) is 13.7. The average molecular weight is 258 g/mol. The summed E-state index contributed by atoms with van der Waals surface area (Å²) in [6.45, 7) is 0.573. The molecule has 2 aromatic heterocycles. The van der Waals surface area contributed by atoms with Crippen LogP contribution in [0.1, 0.15) is 16.1 Å². The molecular formula is C13H14N4O2. The van der Waals surface area contributed by atoms with Crippen LogP contribution in [-0.2, 0) is 6.42 Å². The van der Waals surface area contributed by atoms with Crippen molar-refractivity contribution in [3.63, 3.8) is 0 Å². The molecule has 1 amide bonds. The molecule has 98 valence electrons. The van der Waals surface area contributed by atoms with Gasteiger partial charge in [0.1, 0.15) is 5.69 Å². The molecule has 0 aliphatic heterocycles. The molecule has 6 heteroatoms. The number of nitrogens with zero attached hydrogens (tertiary/aromatic N) is 3. The van der Waals surface area contributed by atoms with Crippen molar-refractivity contribution < 1.29 is 4.79 Å². The molecule has 0 atom stereocenters. The fourth-order valence-electron chi connectivity index (χ4n) is 1.61. The normalized spacial score (nSPS) is 10.2. The van der Waals surface area contributed by atoms with E-state index < -0.39 is 0 Å². The first-order valence-corrected chi connectivity index (χ1v) is 5.87. The second-order valence-electron chi connectivity index (χ2n) is 4.14. The quantitative estimate of drug-likeness (QED) is 0.865. The zero-order valence-electron chi connectivity index (χ0n) is 10.5. The number of hydrogen-bond acceptors (Lipinski definition) is 4. The predicted molar refractivity (Wildman–Crippen MR) is 69.8 cm³/mol. The number of aromatic amines is 1. The van der Waals surface area contributed by atoms with Crippen LogP contribution in [-0.4, -0.2) is 39.6 Å². The number of pyridine rings is 1. The molecular weight excluding hydrogens is 244 g/mol. The van der Waals surface area contributed by atoms with E-state index in [1.807, 2.05) is 12.1 Å². The van der Waals surface area contributed by atoms with Crippen LogP contribution in [0.4, 0.5) is 0 Å². The van der Waals surface area contributed by atoms with Gasteiger partial charge >= 0.3 is 0 Å². The third-order valence-corrected chi connectivity index (χ3v) is 2.73. The number of amides is 1. The molecule has 0 saturated carbocycles. The number of rotatable bonds is 4. The maximum Gasteiger partial charge on any atom is 0.274 e. The molecule has 0 fully saturated rings. The van der Waals surface area contributed by atoms with Gasteiger partial charge in [-0.05, 0) is 30.2 Å². The van der Waals surface area contributed by atoms with E-state index >= 15 is 0 Å². The molecule has 0 bridgehead atoms. The predicted octanol–water partition coefficient (Wildman–Crippen LogP) is 0.480. The van der Waals surface area contributed by atoms with E-state index in [0.29, 0.717) is 6.54 Å². The van der Waals surface area contributed by atoms with Gasteiger partial charge in [0.15, 0.2) is 0 Å². The van der Waals surface area contributed by atoms with E-state index in [4.69, 9.17) is 0 Å². The highest BCUT2D eigenvalue weighted by molar-refractivity contribution is 5.91. The summed E-state index contributed by atoms with van der Waals surface area (Å²) in [6, 6.07) is 6.54. The van der Waals surface area contributed by atoms with Crippen LogP contribution in [0.3, 0.4) is 0 Å². The molecule has 0 unspecified atom stereocenters. The number of hydrogen-bond donors (Lipinski definition) is 1. The summed E-state index contributed by atoms with van der Waals surface area (Å²) in [7, 11) is 1.70. The van der Waals surface area contributed by atoms with Gasteiger partial charge in [0, 0.05) is 32.1 Å². The van der Waals surface area contributed by atoms with E-state index in [1.54, 1.807) is 24.3 Å². The Morgan fingerprint density at radius 2 is 2.00 bits per heavy atom. The smallest absolute Gasteiger partial charge is 0.274 e. The summed E-state index contributed by atoms with van der Waals surface area (Å²) >= 11 is 0. The SMILES string of the molecule is CN(CCc1ccncc1)C(=O)c1ccc(=O)[nH]n1. The minimum Gasteiger partial charge on any atom is -0.340 e. The maximum absolute atomic E-state index is 12.0. The maximum atomic E-state index is 12.0. The highest BCUT2D eigenvalue weighted by Gasteiger charge is 2.12. The highest BCUT2D eigenvalue weighted by atomic mass is 16.2. The first-order chi connectivity index (χ1) is 9.16. The highest BCUT2D eigenvalue weighted by Crippen LogP contribution is 2.02. The third kappa shape index (κ3) is 3.48. The molecule has 0 saturated heterocycles. The van der Waals surface area contributed by atoms with E-state index in [0.717, 1.165) is 12.0 Å². The van der Waals surface area contributed by atoms with Crippen LogP contribution in [0.5, 0.6) is 0 Å². The third-order valence-electron chi connectivity index (χ3n) is 2.73. The lowest BCUT2D eigenvalue weighted by molar-refractivity contribution is 0.0789. The monoisotopic (exact) mass is 258 g/mol. The number of carbonyl (C=O) groups excluding carboxylic acids is 1. The average Bonchev–Trinajstić information content (AvgIpc) is 2.46. The van der Waals surface area contributed by atoms with Gasteiger partial charge < -0.3 is 4.90 Å². The lowest BCUT2D eigenvalue weighted by Gasteiger charge is -2.16. The molecule has 19 heavy (non-hydrogen) atoms. The Hall–Kier alpha value is -2.50. The number of aromatic nitrogens is 3. The van der Waals surface area contributed by atoms with Gasteiger partial charge in [-0.3, -0.25) is 14.6 Å². The van der Waals surface area contributed by atoms with E-state index in [1.165, 1.54) is 12.1 Å². The van der Waals surface area contributed by atoms with Gasteiger partial charge in [0.25, 0.3) is 11.5 Å². The van der Waals surface area contributed by atoms with Gasteiger partial charge in [-0.2, -0.15) is 5.10 Å². The summed E-state index contributed by atoms with van der Waals surface area (Å²) in [5.41, 5.74) is 1.02. The van der Waals surface area contributed by atoms with Crippen LogP contribution in [0.2, 0.25) is 0 Å². The van der Waals surface area contributed by atoms with Crippen molar-refractivity contribution in [2.75, 3.05) is 13.6 Å². The minimum absolute atomic E-state index is 0.217. The fraction of sp³-hybridized carbons (Fsp3) is 0.231. The van der Waals surface area contributed by atoms with E-state index in [2.05, 4.69) is 15.2 Å². The van der Waals surface area contributed by atoms with Crippen molar-refractivity contribution in [2.45, 2.75) is 6.42 Å². The van der Waals surface area contributed by atoms with Gasteiger partial charge in [-0.15, -0.1) is 0 Å². The summed E-state index contributed by atoms with van der Waals surface area (Å²) in [5, 5.41) is 5.96. The number of nitrogens with one attached hydrogen (secondary N) is 1. The molecule has 0 spiro atoms. The standard InChI is InChI=1S/C13H14N4O2/c1-17(9-6-10-4-7-14-8-5-10)13(19)11-2-3-12(18)16-15-11/h2-5,7-8H,6,9H2,1H3,(H,16,18). The molecule has 2 rings (SSSR count). The van der Waals surface area contributed by atoms with Crippen LogP contribution in [0.15, 0.2) is 41.5 Å². The fourth-order valence-corrected chi connectivity index (χ4v) is 1.61. The lowest BCUT2D eigenvalue weighted by Crippen LogP contribution is -2.30. The largest absolute Gasteiger partial charge is 0.340 e. The summed E-state index contributed by atoms with van der Waals surface area (Å²) in [6.07, 6.45) is 4.19. The van der Waals surface area contributed by atoms with Crippen molar-refractivity contribution in [2.24, 2.45) is 0 Å². The van der Waals surface area contributed by atoms with Gasteiger partial charge in [-0.25, -0.2) is 5.10 Å². The van der Waals surface area contributed by atoms with Gasteiger partial charge in [0.05, 0.1) is 0 Å². The molecule has 2 aromatic rings. The first kappa shape index (κ1) is 12.9. The molecule has 6 nitrogen and oxygen atoms in total. The van der Waals surface area contributed by atoms with Crippen LogP contribution >= 0.6 is 0 Å². The minimum atomic E-state index is -0.323. The molecule has 0 aliphatic rings. The summed E-state index contributed by atoms with van der Waals surface area (Å²) in [4.78, 5) is 28.4. The zero-order valence-corrected chi connectivity index (χ0v) is 10.5. The molecule has 0 aliphatic carbocycles. The van der Waals surface area contributed by atoms with Crippen molar-refractivity contribution in [3.05, 3.63) is 58.3 Å². The first-order valence-electron chi connectivity index (χ1n) is 5.87. The molecule has 1 N–H and O–H groups in total. The number of likely N-dealkylation sites (N-methyl/N-ethyl adjacent to an activating group) is 1. The van der Waals surface area contributed by atoms with E-state index in [-0.39, 0.29) is 17.2 Å². The van der Waals surface area contributed by atoms with Crippen molar-refractivity contribution in [3.8, 4) is 0 Å². The topological polar surface area (TPSA) is 79.0 Å². The number of carbonyl (C=O) groups is 1. The Morgan fingerprint density at radius 3 is 2.63 bits per heavy atom. The van der Waals surface area contributed by atoms with Crippen molar-refractivity contribution in [1.29, 1.82) is 0 Å². The summed E-state index contributed by atoms with van der Waals surface area (Å²) < 4.78 is 0. The molecule has 2 heterocycles. The lowest BCUT2D eigenvalue weighted by atomic mass is 10.2. The second kappa shape index (κ2) is 5.90. The van der Waals surface area contributed by atoms with Crippen LogP contribution < -0.4 is 5.56 Å². The Bertz CT molecular complexity index is 589. The van der Waals surface area contributed by atoms with Crippen LogP contribution in [0, 0.1) is 0 Å². The van der Waals surface area contributed by atoms with Crippen LogP contribution in [0.25, 0.3) is 0 Å². The molecule has 0 radical (unpaired) electrons. The number of H-pyrrole nitrogens is 1. The van der Waals surface area contributed by atoms with Gasteiger partial charge in [0.2, 0.25) is 0 Å². The van der Waals surface area contributed by atoms with Crippen molar-refractivity contribution >= 4 is 5.91 Å². The second-order valence-corrected chi connectivity index (χ2v) is 4.14.